The van der Waals surface area contributed by atoms with E-state index >= 15 is 0 Å². The van der Waals surface area contributed by atoms with Crippen molar-refractivity contribution >= 4 is 17.2 Å². The number of amides is 1. The van der Waals surface area contributed by atoms with Gasteiger partial charge in [-0.15, -0.1) is 11.3 Å². The molecule has 0 N–H and O–H groups in total. The van der Waals surface area contributed by atoms with Crippen molar-refractivity contribution in [1.29, 1.82) is 0 Å². The molecule has 1 aliphatic heterocycles. The number of aryl methyl sites for hydroxylation is 3. The molecule has 0 bridgehead atoms. The lowest BCUT2D eigenvalue weighted by molar-refractivity contribution is -0.133. The van der Waals surface area contributed by atoms with Gasteiger partial charge in [0.15, 0.2) is 0 Å². The van der Waals surface area contributed by atoms with Gasteiger partial charge in [0, 0.05) is 24.4 Å². The van der Waals surface area contributed by atoms with Crippen LogP contribution >= 0.6 is 11.3 Å². The SMILES string of the molecule is Cc1nc(C)n([C@H]2CCCN(C(=O)CCCc3cccs3)C2)n1. The number of hydrogen-bond acceptors (Lipinski definition) is 4. The van der Waals surface area contributed by atoms with Gasteiger partial charge < -0.3 is 4.90 Å². The highest BCUT2D eigenvalue weighted by atomic mass is 32.1. The molecule has 0 aromatic carbocycles. The molecule has 1 saturated heterocycles. The van der Waals surface area contributed by atoms with Gasteiger partial charge in [-0.05, 0) is 51.0 Å². The molecule has 124 valence electrons. The molecule has 2 aromatic heterocycles. The quantitative estimate of drug-likeness (QED) is 0.845. The van der Waals surface area contributed by atoms with Crippen LogP contribution in [0.4, 0.5) is 0 Å². The van der Waals surface area contributed by atoms with Gasteiger partial charge in [0.2, 0.25) is 5.91 Å². The Balaban J connectivity index is 1.53. The summed E-state index contributed by atoms with van der Waals surface area (Å²) in [6, 6.07) is 4.48. The molecule has 1 atom stereocenters. The topological polar surface area (TPSA) is 51.0 Å². The number of carbonyl (C=O) groups excluding carboxylic acids is 1. The summed E-state index contributed by atoms with van der Waals surface area (Å²) in [5, 5.41) is 6.58. The Morgan fingerprint density at radius 2 is 2.30 bits per heavy atom. The van der Waals surface area contributed by atoms with Gasteiger partial charge in [-0.2, -0.15) is 5.10 Å². The lowest BCUT2D eigenvalue weighted by atomic mass is 10.0. The second-order valence-electron chi connectivity index (χ2n) is 6.22. The van der Waals surface area contributed by atoms with Crippen molar-refractivity contribution in [2.45, 2.75) is 52.0 Å². The van der Waals surface area contributed by atoms with Crippen molar-refractivity contribution in [1.82, 2.24) is 19.7 Å². The van der Waals surface area contributed by atoms with Crippen LogP contribution in [0.15, 0.2) is 17.5 Å². The molecule has 0 unspecified atom stereocenters. The van der Waals surface area contributed by atoms with E-state index in [4.69, 9.17) is 0 Å². The molecule has 1 aliphatic rings. The molecular formula is C17H24N4OS. The average Bonchev–Trinajstić information content (AvgIpc) is 3.17. The Hall–Kier alpha value is -1.69. The molecule has 6 heteroatoms. The Kier molecular flexibility index (Phi) is 5.10. The van der Waals surface area contributed by atoms with Crippen LogP contribution in [0.25, 0.3) is 0 Å². The van der Waals surface area contributed by atoms with E-state index in [0.717, 1.165) is 50.4 Å². The largest absolute Gasteiger partial charge is 0.341 e. The van der Waals surface area contributed by atoms with E-state index < -0.39 is 0 Å². The van der Waals surface area contributed by atoms with Crippen LogP contribution in [0.3, 0.4) is 0 Å². The van der Waals surface area contributed by atoms with E-state index in [2.05, 4.69) is 27.6 Å². The first-order valence-electron chi connectivity index (χ1n) is 8.33. The third-order valence-corrected chi connectivity index (χ3v) is 5.33. The molecule has 5 nitrogen and oxygen atoms in total. The van der Waals surface area contributed by atoms with Gasteiger partial charge >= 0.3 is 0 Å². The Labute approximate surface area is 141 Å². The van der Waals surface area contributed by atoms with Crippen molar-refractivity contribution in [3.05, 3.63) is 34.0 Å². The molecule has 0 spiro atoms. The van der Waals surface area contributed by atoms with Crippen LogP contribution in [0.5, 0.6) is 0 Å². The van der Waals surface area contributed by atoms with Gasteiger partial charge in [0.25, 0.3) is 0 Å². The summed E-state index contributed by atoms with van der Waals surface area (Å²) in [5.41, 5.74) is 0. The number of hydrogen-bond donors (Lipinski definition) is 0. The summed E-state index contributed by atoms with van der Waals surface area (Å²) in [5.74, 6) is 2.03. The fourth-order valence-electron chi connectivity index (χ4n) is 3.29. The lowest BCUT2D eigenvalue weighted by Gasteiger charge is -2.33. The predicted octanol–water partition coefficient (Wildman–Crippen LogP) is 3.14. The molecule has 2 aromatic rings. The maximum absolute atomic E-state index is 12.5. The second kappa shape index (κ2) is 7.25. The molecule has 0 aliphatic carbocycles. The van der Waals surface area contributed by atoms with Crippen LogP contribution in [0, 0.1) is 13.8 Å². The highest BCUT2D eigenvalue weighted by molar-refractivity contribution is 7.09. The van der Waals surface area contributed by atoms with E-state index in [1.807, 2.05) is 23.4 Å². The third kappa shape index (κ3) is 3.99. The van der Waals surface area contributed by atoms with E-state index in [-0.39, 0.29) is 11.9 Å². The minimum absolute atomic E-state index is 0.270. The summed E-state index contributed by atoms with van der Waals surface area (Å²) in [6.45, 7) is 5.55. The van der Waals surface area contributed by atoms with Crippen LogP contribution in [-0.2, 0) is 11.2 Å². The maximum Gasteiger partial charge on any atom is 0.222 e. The normalized spacial score (nSPS) is 18.3. The van der Waals surface area contributed by atoms with Gasteiger partial charge in [-0.3, -0.25) is 4.79 Å². The van der Waals surface area contributed by atoms with E-state index in [1.54, 1.807) is 11.3 Å². The fraction of sp³-hybridized carbons (Fsp3) is 0.588. The molecular weight excluding hydrogens is 308 g/mol. The Bertz CT molecular complexity index is 650. The molecule has 23 heavy (non-hydrogen) atoms. The average molecular weight is 332 g/mol. The van der Waals surface area contributed by atoms with Gasteiger partial charge in [-0.1, -0.05) is 6.07 Å². The molecule has 3 heterocycles. The van der Waals surface area contributed by atoms with Crippen molar-refractivity contribution < 1.29 is 4.79 Å². The van der Waals surface area contributed by atoms with Crippen LogP contribution in [0.1, 0.15) is 48.3 Å². The molecule has 1 fully saturated rings. The van der Waals surface area contributed by atoms with Crippen LogP contribution in [-0.4, -0.2) is 38.7 Å². The summed E-state index contributed by atoms with van der Waals surface area (Å²) in [4.78, 5) is 20.2. The highest BCUT2D eigenvalue weighted by Crippen LogP contribution is 2.23. The summed E-state index contributed by atoms with van der Waals surface area (Å²) >= 11 is 1.77. The minimum atomic E-state index is 0.270. The first-order chi connectivity index (χ1) is 11.1. The predicted molar refractivity (Wildman–Crippen MR) is 91.6 cm³/mol. The third-order valence-electron chi connectivity index (χ3n) is 4.40. The zero-order chi connectivity index (χ0) is 16.2. The van der Waals surface area contributed by atoms with Crippen molar-refractivity contribution in [2.75, 3.05) is 13.1 Å². The Morgan fingerprint density at radius 3 is 3.00 bits per heavy atom. The Morgan fingerprint density at radius 1 is 1.43 bits per heavy atom. The first kappa shape index (κ1) is 16.2. The number of thiophene rings is 1. The highest BCUT2D eigenvalue weighted by Gasteiger charge is 2.26. The van der Waals surface area contributed by atoms with E-state index in [0.29, 0.717) is 6.42 Å². The lowest BCUT2D eigenvalue weighted by Crippen LogP contribution is -2.41. The van der Waals surface area contributed by atoms with E-state index in [9.17, 15) is 4.79 Å². The number of nitrogens with zero attached hydrogens (tertiary/aromatic N) is 4. The molecule has 3 rings (SSSR count). The second-order valence-corrected chi connectivity index (χ2v) is 7.25. The van der Waals surface area contributed by atoms with Gasteiger partial charge in [0.1, 0.15) is 11.6 Å². The van der Waals surface area contributed by atoms with Gasteiger partial charge in [0.05, 0.1) is 6.04 Å². The number of carbonyl (C=O) groups is 1. The first-order valence-corrected chi connectivity index (χ1v) is 9.21. The van der Waals surface area contributed by atoms with Crippen molar-refractivity contribution in [3.63, 3.8) is 0 Å². The van der Waals surface area contributed by atoms with Crippen molar-refractivity contribution in [3.8, 4) is 0 Å². The van der Waals surface area contributed by atoms with Gasteiger partial charge in [-0.25, -0.2) is 9.67 Å². The standard InChI is InChI=1S/C17H24N4OS/c1-13-18-14(2)21(19-13)15-6-4-10-20(12-15)17(22)9-3-7-16-8-5-11-23-16/h5,8,11,15H,3-4,6-7,9-10,12H2,1-2H3/t15-/m0/s1. The monoisotopic (exact) mass is 332 g/mol. The van der Waals surface area contributed by atoms with Crippen LogP contribution in [0.2, 0.25) is 0 Å². The molecule has 1 amide bonds. The summed E-state index contributed by atoms with van der Waals surface area (Å²) < 4.78 is 2.00. The minimum Gasteiger partial charge on any atom is -0.341 e. The zero-order valence-electron chi connectivity index (χ0n) is 13.9. The number of aromatic nitrogens is 3. The number of rotatable bonds is 5. The summed E-state index contributed by atoms with van der Waals surface area (Å²) in [7, 11) is 0. The summed E-state index contributed by atoms with van der Waals surface area (Å²) in [6.07, 6.45) is 4.69. The van der Waals surface area contributed by atoms with Crippen molar-refractivity contribution in [2.24, 2.45) is 0 Å². The number of piperidine rings is 1. The van der Waals surface area contributed by atoms with E-state index in [1.165, 1.54) is 4.88 Å². The fourth-order valence-corrected chi connectivity index (χ4v) is 4.04. The van der Waals surface area contributed by atoms with Crippen LogP contribution < -0.4 is 0 Å². The zero-order valence-corrected chi connectivity index (χ0v) is 14.7. The molecule has 0 radical (unpaired) electrons. The smallest absolute Gasteiger partial charge is 0.222 e. The maximum atomic E-state index is 12.5. The molecule has 0 saturated carbocycles. The number of likely N-dealkylation sites (tertiary alicyclic amines) is 1.